The van der Waals surface area contributed by atoms with Crippen molar-refractivity contribution < 1.29 is 28.4 Å². The van der Waals surface area contributed by atoms with E-state index >= 15 is 0 Å². The molecule has 2 rings (SSSR count). The summed E-state index contributed by atoms with van der Waals surface area (Å²) >= 11 is 0. The van der Waals surface area contributed by atoms with Gasteiger partial charge < -0.3 is 15.4 Å². The zero-order chi connectivity index (χ0) is 19.1. The Hall–Kier alpha value is -2.80. The number of carbonyl (C=O) groups excluding carboxylic acids is 2. The van der Waals surface area contributed by atoms with Gasteiger partial charge in [0.1, 0.15) is 6.04 Å². The van der Waals surface area contributed by atoms with Crippen molar-refractivity contribution in [1.29, 1.82) is 0 Å². The van der Waals surface area contributed by atoms with Crippen molar-refractivity contribution in [2.75, 3.05) is 18.5 Å². The molecule has 0 saturated carbocycles. The second-order valence-electron chi connectivity index (χ2n) is 5.72. The molecule has 26 heavy (non-hydrogen) atoms. The molecule has 7 heteroatoms. The number of quaternary nitrogens is 1. The number of anilines is 1. The van der Waals surface area contributed by atoms with Gasteiger partial charge >= 0.3 is 5.97 Å². The van der Waals surface area contributed by atoms with E-state index in [1.807, 2.05) is 0 Å². The molecular formula is C19H21F2N2O3+. The van der Waals surface area contributed by atoms with Gasteiger partial charge in [0.25, 0.3) is 5.91 Å². The van der Waals surface area contributed by atoms with Crippen LogP contribution in [0.4, 0.5) is 14.5 Å². The van der Waals surface area contributed by atoms with E-state index in [1.54, 1.807) is 43.4 Å². The number of halogens is 2. The third-order valence-corrected chi connectivity index (χ3v) is 3.82. The second-order valence-corrected chi connectivity index (χ2v) is 5.72. The fourth-order valence-corrected chi connectivity index (χ4v) is 2.40. The Labute approximate surface area is 150 Å². The molecule has 0 unspecified atom stereocenters. The molecule has 0 bridgehead atoms. The molecule has 0 radical (unpaired) electrons. The first-order valence-corrected chi connectivity index (χ1v) is 8.26. The van der Waals surface area contributed by atoms with Gasteiger partial charge in [-0.15, -0.1) is 0 Å². The van der Waals surface area contributed by atoms with E-state index < -0.39 is 17.6 Å². The Bertz CT molecular complexity index is 796. The van der Waals surface area contributed by atoms with Gasteiger partial charge in [0, 0.05) is 5.56 Å². The first-order valence-electron chi connectivity index (χ1n) is 8.26. The number of nitrogens with one attached hydrogen (secondary N) is 1. The number of nitrogens with two attached hydrogens (primary N) is 1. The number of amides is 1. The van der Waals surface area contributed by atoms with E-state index in [2.05, 4.69) is 5.32 Å². The Morgan fingerprint density at radius 3 is 2.58 bits per heavy atom. The van der Waals surface area contributed by atoms with Crippen LogP contribution in [0.1, 0.15) is 35.8 Å². The minimum absolute atomic E-state index is 0.0529. The molecular weight excluding hydrogens is 342 g/mol. The van der Waals surface area contributed by atoms with Gasteiger partial charge in [-0.3, -0.25) is 4.79 Å². The summed E-state index contributed by atoms with van der Waals surface area (Å²) < 4.78 is 31.2. The molecule has 1 atom stereocenters. The molecule has 0 saturated heterocycles. The number of carbonyl (C=O) groups is 2. The maximum atomic E-state index is 13.3. The standard InChI is InChI=1S/C19H20F2N2O3/c1-3-26-19(25)14-6-4-5-7-17(14)23-18(24)11-22-12(2)13-8-9-15(20)16(21)10-13/h4-10,12,22H,3,11H2,1-2H3,(H,23,24)/p+1/t12-/m1/s1. The first kappa shape index (κ1) is 19.5. The highest BCUT2D eigenvalue weighted by molar-refractivity contribution is 6.01. The Morgan fingerprint density at radius 1 is 1.15 bits per heavy atom. The Kier molecular flexibility index (Phi) is 6.80. The van der Waals surface area contributed by atoms with E-state index in [1.165, 1.54) is 6.07 Å². The number of para-hydroxylation sites is 1. The summed E-state index contributed by atoms with van der Waals surface area (Å²) in [5.74, 6) is -2.66. The maximum Gasteiger partial charge on any atom is 0.340 e. The number of hydrogen-bond donors (Lipinski definition) is 2. The third kappa shape index (κ3) is 5.10. The number of esters is 1. The average molecular weight is 363 g/mol. The van der Waals surface area contributed by atoms with Crippen LogP contribution in [0.25, 0.3) is 0 Å². The van der Waals surface area contributed by atoms with Crippen molar-refractivity contribution in [3.8, 4) is 0 Å². The van der Waals surface area contributed by atoms with E-state index in [0.717, 1.165) is 12.1 Å². The van der Waals surface area contributed by atoms with E-state index in [4.69, 9.17) is 4.74 Å². The van der Waals surface area contributed by atoms with E-state index in [9.17, 15) is 18.4 Å². The van der Waals surface area contributed by atoms with Crippen molar-refractivity contribution in [2.24, 2.45) is 0 Å². The smallest absolute Gasteiger partial charge is 0.340 e. The zero-order valence-electron chi connectivity index (χ0n) is 14.6. The van der Waals surface area contributed by atoms with Crippen molar-refractivity contribution >= 4 is 17.6 Å². The molecule has 5 nitrogen and oxygen atoms in total. The van der Waals surface area contributed by atoms with Gasteiger partial charge in [-0.25, -0.2) is 13.6 Å². The molecule has 138 valence electrons. The fourth-order valence-electron chi connectivity index (χ4n) is 2.40. The summed E-state index contributed by atoms with van der Waals surface area (Å²) in [4.78, 5) is 24.1. The highest BCUT2D eigenvalue weighted by atomic mass is 19.2. The molecule has 2 aromatic carbocycles. The van der Waals surface area contributed by atoms with Crippen molar-refractivity contribution in [3.05, 3.63) is 65.2 Å². The van der Waals surface area contributed by atoms with Crippen LogP contribution in [0.2, 0.25) is 0 Å². The summed E-state index contributed by atoms with van der Waals surface area (Å²) in [6.07, 6.45) is 0. The second kappa shape index (κ2) is 9.05. The molecule has 1 amide bonds. The van der Waals surface area contributed by atoms with Gasteiger partial charge in [0.2, 0.25) is 0 Å². The topological polar surface area (TPSA) is 72.0 Å². The van der Waals surface area contributed by atoms with Gasteiger partial charge in [0.05, 0.1) is 17.9 Å². The van der Waals surface area contributed by atoms with Crippen molar-refractivity contribution in [2.45, 2.75) is 19.9 Å². The van der Waals surface area contributed by atoms with Gasteiger partial charge in [-0.05, 0) is 44.2 Å². The summed E-state index contributed by atoms with van der Waals surface area (Å²) in [5.41, 5.74) is 1.21. The fraction of sp³-hybridized carbons (Fsp3) is 0.263. The van der Waals surface area contributed by atoms with Gasteiger partial charge in [0.15, 0.2) is 18.2 Å². The summed E-state index contributed by atoms with van der Waals surface area (Å²) in [7, 11) is 0. The first-order chi connectivity index (χ1) is 12.4. The number of rotatable bonds is 7. The molecule has 2 aromatic rings. The lowest BCUT2D eigenvalue weighted by Gasteiger charge is -2.13. The van der Waals surface area contributed by atoms with E-state index in [0.29, 0.717) is 11.3 Å². The molecule has 3 N–H and O–H groups in total. The monoisotopic (exact) mass is 363 g/mol. The molecule has 0 fully saturated rings. The number of hydrogen-bond acceptors (Lipinski definition) is 3. The van der Waals surface area contributed by atoms with Crippen LogP contribution in [0.15, 0.2) is 42.5 Å². The van der Waals surface area contributed by atoms with Crippen LogP contribution in [0.5, 0.6) is 0 Å². The summed E-state index contributed by atoms with van der Waals surface area (Å²) in [6, 6.07) is 9.98. The van der Waals surface area contributed by atoms with Crippen LogP contribution in [0, 0.1) is 11.6 Å². The molecule has 0 aliphatic heterocycles. The highest BCUT2D eigenvalue weighted by Gasteiger charge is 2.17. The molecule has 0 aliphatic carbocycles. The molecule has 0 aromatic heterocycles. The largest absolute Gasteiger partial charge is 0.462 e. The third-order valence-electron chi connectivity index (χ3n) is 3.82. The molecule has 0 spiro atoms. The summed E-state index contributed by atoms with van der Waals surface area (Å²) in [6.45, 7) is 3.78. The van der Waals surface area contributed by atoms with Crippen LogP contribution >= 0.6 is 0 Å². The maximum absolute atomic E-state index is 13.3. The summed E-state index contributed by atoms with van der Waals surface area (Å²) in [5, 5.41) is 4.36. The van der Waals surface area contributed by atoms with Crippen LogP contribution in [-0.4, -0.2) is 25.0 Å². The average Bonchev–Trinajstić information content (AvgIpc) is 2.62. The van der Waals surface area contributed by atoms with Crippen LogP contribution < -0.4 is 10.6 Å². The molecule has 0 aliphatic rings. The van der Waals surface area contributed by atoms with Crippen LogP contribution in [0.3, 0.4) is 0 Å². The number of benzene rings is 2. The highest BCUT2D eigenvalue weighted by Crippen LogP contribution is 2.16. The lowest BCUT2D eigenvalue weighted by Crippen LogP contribution is -2.86. The molecule has 0 heterocycles. The van der Waals surface area contributed by atoms with Gasteiger partial charge in [-0.1, -0.05) is 12.1 Å². The predicted molar refractivity (Wildman–Crippen MR) is 92.6 cm³/mol. The minimum Gasteiger partial charge on any atom is -0.462 e. The Morgan fingerprint density at radius 2 is 1.88 bits per heavy atom. The van der Waals surface area contributed by atoms with E-state index in [-0.39, 0.29) is 30.7 Å². The van der Waals surface area contributed by atoms with Crippen molar-refractivity contribution in [3.63, 3.8) is 0 Å². The lowest BCUT2D eigenvalue weighted by molar-refractivity contribution is -0.682. The Balaban J connectivity index is 1.97. The van der Waals surface area contributed by atoms with Crippen molar-refractivity contribution in [1.82, 2.24) is 0 Å². The normalized spacial score (nSPS) is 11.7. The zero-order valence-corrected chi connectivity index (χ0v) is 14.6. The van der Waals surface area contributed by atoms with Crippen LogP contribution in [-0.2, 0) is 9.53 Å². The predicted octanol–water partition coefficient (Wildman–Crippen LogP) is 2.40. The lowest BCUT2D eigenvalue weighted by atomic mass is 10.1. The quantitative estimate of drug-likeness (QED) is 0.742. The van der Waals surface area contributed by atoms with Gasteiger partial charge in [-0.2, -0.15) is 0 Å². The number of ether oxygens (including phenoxy) is 1. The minimum atomic E-state index is -0.921. The SMILES string of the molecule is CCOC(=O)c1ccccc1NC(=O)C[NH2+][C@H](C)c1ccc(F)c(F)c1.